The number of benzene rings is 1. The number of fused-ring (bicyclic) bond motifs is 1. The molecule has 1 aromatic carbocycles. The van der Waals surface area contributed by atoms with Crippen molar-refractivity contribution < 1.29 is 14.6 Å². The van der Waals surface area contributed by atoms with Gasteiger partial charge in [-0.1, -0.05) is 0 Å². The number of imidazole rings is 1. The number of hydrogen-bond donors (Lipinski definition) is 2. The molecule has 5 nitrogen and oxygen atoms in total. The highest BCUT2D eigenvalue weighted by atomic mass is 16.5. The van der Waals surface area contributed by atoms with Gasteiger partial charge < -0.3 is 14.8 Å². The van der Waals surface area contributed by atoms with Crippen molar-refractivity contribution in [2.45, 2.75) is 25.4 Å². The van der Waals surface area contributed by atoms with Crippen molar-refractivity contribution in [1.82, 2.24) is 9.97 Å². The molecule has 1 aromatic heterocycles. The Morgan fingerprint density at radius 2 is 2.39 bits per heavy atom. The van der Waals surface area contributed by atoms with Gasteiger partial charge in [0.2, 0.25) is 0 Å². The fourth-order valence-corrected chi connectivity index (χ4v) is 2.36. The zero-order valence-electron chi connectivity index (χ0n) is 10.1. The molecule has 3 rings (SSSR count). The van der Waals surface area contributed by atoms with Crippen molar-refractivity contribution >= 4 is 17.0 Å². The molecule has 0 bridgehead atoms. The molecule has 2 heterocycles. The lowest BCUT2D eigenvalue weighted by Crippen LogP contribution is -2.21. The Bertz CT molecular complexity index is 612. The largest absolute Gasteiger partial charge is 0.478 e. The summed E-state index contributed by atoms with van der Waals surface area (Å²) in [6.07, 6.45) is 1.95. The van der Waals surface area contributed by atoms with Gasteiger partial charge in [-0.05, 0) is 38.0 Å². The summed E-state index contributed by atoms with van der Waals surface area (Å²) in [5, 5.41) is 8.95. The van der Waals surface area contributed by atoms with E-state index in [9.17, 15) is 4.79 Å². The van der Waals surface area contributed by atoms with Crippen molar-refractivity contribution in [3.05, 3.63) is 29.6 Å². The van der Waals surface area contributed by atoms with Gasteiger partial charge in [0.05, 0.1) is 16.6 Å². The van der Waals surface area contributed by atoms with E-state index >= 15 is 0 Å². The van der Waals surface area contributed by atoms with E-state index in [0.29, 0.717) is 0 Å². The fraction of sp³-hybridized carbons (Fsp3) is 0.385. The Morgan fingerprint density at radius 1 is 1.56 bits per heavy atom. The highest BCUT2D eigenvalue weighted by molar-refractivity contribution is 5.92. The van der Waals surface area contributed by atoms with Crippen LogP contribution < -0.4 is 0 Å². The molecule has 1 aliphatic heterocycles. The number of ether oxygens (including phenoxy) is 1. The number of aromatic carboxylic acids is 1. The predicted molar refractivity (Wildman–Crippen MR) is 65.6 cm³/mol. The Labute approximate surface area is 104 Å². The molecule has 0 saturated carbocycles. The number of nitrogens with zero attached hydrogens (tertiary/aromatic N) is 1. The number of carboxylic acid groups (broad SMARTS) is 1. The molecule has 5 heteroatoms. The summed E-state index contributed by atoms with van der Waals surface area (Å²) in [5.74, 6) is -0.158. The van der Waals surface area contributed by atoms with Crippen molar-refractivity contribution in [3.63, 3.8) is 0 Å². The number of rotatable bonds is 2. The second-order valence-electron chi connectivity index (χ2n) is 4.81. The maximum absolute atomic E-state index is 10.9. The quantitative estimate of drug-likeness (QED) is 0.852. The molecule has 94 valence electrons. The molecule has 1 aliphatic rings. The minimum atomic E-state index is -0.934. The number of carbonyl (C=O) groups is 1. The number of aromatic nitrogens is 2. The van der Waals surface area contributed by atoms with Gasteiger partial charge in [-0.2, -0.15) is 0 Å². The molecule has 18 heavy (non-hydrogen) atoms. The minimum absolute atomic E-state index is 0.259. The van der Waals surface area contributed by atoms with E-state index in [1.807, 2.05) is 6.92 Å². The van der Waals surface area contributed by atoms with E-state index in [1.165, 1.54) is 0 Å². The van der Waals surface area contributed by atoms with Gasteiger partial charge in [-0.15, -0.1) is 0 Å². The lowest BCUT2D eigenvalue weighted by molar-refractivity contribution is 0.0103. The van der Waals surface area contributed by atoms with Gasteiger partial charge >= 0.3 is 5.97 Å². The number of H-pyrrole nitrogens is 1. The maximum atomic E-state index is 10.9. The molecule has 1 fully saturated rings. The third-order valence-corrected chi connectivity index (χ3v) is 3.45. The van der Waals surface area contributed by atoms with Gasteiger partial charge in [0.1, 0.15) is 11.4 Å². The minimum Gasteiger partial charge on any atom is -0.478 e. The van der Waals surface area contributed by atoms with Crippen LogP contribution in [0.1, 0.15) is 35.9 Å². The Morgan fingerprint density at radius 3 is 3.06 bits per heavy atom. The highest BCUT2D eigenvalue weighted by Crippen LogP contribution is 2.34. The zero-order chi connectivity index (χ0) is 12.8. The molecular weight excluding hydrogens is 232 g/mol. The molecule has 0 aliphatic carbocycles. The van der Waals surface area contributed by atoms with E-state index in [-0.39, 0.29) is 11.2 Å². The van der Waals surface area contributed by atoms with Crippen LogP contribution in [-0.4, -0.2) is 27.7 Å². The third kappa shape index (κ3) is 1.67. The number of carboxylic acids is 1. The SMILES string of the molecule is CC1(c2nc3ccc(C(=O)O)cc3[nH]2)CCCO1. The van der Waals surface area contributed by atoms with E-state index in [2.05, 4.69) is 9.97 Å². The second-order valence-corrected chi connectivity index (χ2v) is 4.81. The Balaban J connectivity index is 2.08. The van der Waals surface area contributed by atoms with E-state index < -0.39 is 5.97 Å². The Kier molecular flexibility index (Phi) is 2.38. The van der Waals surface area contributed by atoms with Crippen molar-refractivity contribution in [2.75, 3.05) is 6.61 Å². The summed E-state index contributed by atoms with van der Waals surface area (Å²) in [4.78, 5) is 18.6. The summed E-state index contributed by atoms with van der Waals surface area (Å²) in [7, 11) is 0. The molecule has 1 saturated heterocycles. The molecule has 2 aromatic rings. The summed E-state index contributed by atoms with van der Waals surface area (Å²) < 4.78 is 5.72. The predicted octanol–water partition coefficient (Wildman–Crippen LogP) is 2.29. The molecule has 1 atom stereocenters. The highest BCUT2D eigenvalue weighted by Gasteiger charge is 2.34. The first kappa shape index (κ1) is 11.2. The van der Waals surface area contributed by atoms with Gasteiger partial charge in [0.15, 0.2) is 0 Å². The van der Waals surface area contributed by atoms with Crippen molar-refractivity contribution in [1.29, 1.82) is 0 Å². The van der Waals surface area contributed by atoms with Crippen LogP contribution in [-0.2, 0) is 10.3 Å². The second kappa shape index (κ2) is 3.81. The lowest BCUT2D eigenvalue weighted by Gasteiger charge is -2.19. The first-order valence-electron chi connectivity index (χ1n) is 5.96. The molecule has 0 amide bonds. The smallest absolute Gasteiger partial charge is 0.335 e. The van der Waals surface area contributed by atoms with Gasteiger partial charge in [0.25, 0.3) is 0 Å². The fourth-order valence-electron chi connectivity index (χ4n) is 2.36. The molecule has 0 radical (unpaired) electrons. The first-order chi connectivity index (χ1) is 8.58. The van der Waals surface area contributed by atoms with Crippen LogP contribution in [0.5, 0.6) is 0 Å². The van der Waals surface area contributed by atoms with E-state index in [1.54, 1.807) is 18.2 Å². The number of aromatic amines is 1. The summed E-state index contributed by atoms with van der Waals surface area (Å²) in [5.41, 5.74) is 1.39. The maximum Gasteiger partial charge on any atom is 0.335 e. The van der Waals surface area contributed by atoms with Crippen LogP contribution in [0.25, 0.3) is 11.0 Å². The van der Waals surface area contributed by atoms with Crippen molar-refractivity contribution in [2.24, 2.45) is 0 Å². The normalized spacial score (nSPS) is 23.6. The average molecular weight is 246 g/mol. The zero-order valence-corrected chi connectivity index (χ0v) is 10.1. The number of nitrogens with one attached hydrogen (secondary N) is 1. The summed E-state index contributed by atoms with van der Waals surface area (Å²) >= 11 is 0. The summed E-state index contributed by atoms with van der Waals surface area (Å²) in [6, 6.07) is 4.89. The van der Waals surface area contributed by atoms with E-state index in [0.717, 1.165) is 36.3 Å². The van der Waals surface area contributed by atoms with Gasteiger partial charge in [0, 0.05) is 6.61 Å². The van der Waals surface area contributed by atoms with Crippen LogP contribution in [0.2, 0.25) is 0 Å². The van der Waals surface area contributed by atoms with E-state index in [4.69, 9.17) is 9.84 Å². The van der Waals surface area contributed by atoms with Crippen LogP contribution in [0.3, 0.4) is 0 Å². The van der Waals surface area contributed by atoms with Gasteiger partial charge in [-0.3, -0.25) is 0 Å². The monoisotopic (exact) mass is 246 g/mol. The summed E-state index contributed by atoms with van der Waals surface area (Å²) in [6.45, 7) is 2.75. The lowest BCUT2D eigenvalue weighted by atomic mass is 10.0. The first-order valence-corrected chi connectivity index (χ1v) is 5.96. The average Bonchev–Trinajstić information content (AvgIpc) is 2.94. The topological polar surface area (TPSA) is 75.2 Å². The van der Waals surface area contributed by atoms with Gasteiger partial charge in [-0.25, -0.2) is 9.78 Å². The van der Waals surface area contributed by atoms with Crippen LogP contribution >= 0.6 is 0 Å². The van der Waals surface area contributed by atoms with Crippen LogP contribution in [0.15, 0.2) is 18.2 Å². The molecule has 1 unspecified atom stereocenters. The van der Waals surface area contributed by atoms with Crippen molar-refractivity contribution in [3.8, 4) is 0 Å². The Hall–Kier alpha value is -1.88. The molecule has 2 N–H and O–H groups in total. The standard InChI is InChI=1S/C13H14N2O3/c1-13(5-2-6-18-13)12-14-9-4-3-8(11(16)17)7-10(9)15-12/h3-4,7H,2,5-6H2,1H3,(H,14,15)(H,16,17). The third-order valence-electron chi connectivity index (χ3n) is 3.45. The molecular formula is C13H14N2O3. The van der Waals surface area contributed by atoms with Crippen LogP contribution in [0.4, 0.5) is 0 Å². The van der Waals surface area contributed by atoms with Crippen LogP contribution in [0, 0.1) is 0 Å². The molecule has 0 spiro atoms. The number of hydrogen-bond acceptors (Lipinski definition) is 3.